The Kier molecular flexibility index (Phi) is 11.6. The first kappa shape index (κ1) is 18.9. The number of nitrogens with one attached hydrogen (secondary N) is 1. The van der Waals surface area contributed by atoms with Gasteiger partial charge in [0.1, 0.15) is 0 Å². The predicted molar refractivity (Wildman–Crippen MR) is 86.4 cm³/mol. The Morgan fingerprint density at radius 2 is 0.947 bits per heavy atom. The lowest BCUT2D eigenvalue weighted by atomic mass is 10.2. The van der Waals surface area contributed by atoms with Gasteiger partial charge in [-0.3, -0.25) is 15.1 Å². The molecular formula is C16H37N3. The third kappa shape index (κ3) is 6.73. The van der Waals surface area contributed by atoms with Crippen molar-refractivity contribution in [3.8, 4) is 0 Å². The first-order chi connectivity index (χ1) is 9.18. The average Bonchev–Trinajstić information content (AvgIpc) is 2.41. The van der Waals surface area contributed by atoms with E-state index in [1.54, 1.807) is 0 Å². The summed E-state index contributed by atoms with van der Waals surface area (Å²) in [6.07, 6.45) is 6.01. The smallest absolute Gasteiger partial charge is 0.0608 e. The predicted octanol–water partition coefficient (Wildman–Crippen LogP) is 3.51. The van der Waals surface area contributed by atoms with Gasteiger partial charge in [0.15, 0.2) is 0 Å². The van der Waals surface area contributed by atoms with Gasteiger partial charge in [-0.1, -0.05) is 54.4 Å². The van der Waals surface area contributed by atoms with Gasteiger partial charge in [0, 0.05) is 0 Å². The molecule has 0 amide bonds. The zero-order chi connectivity index (χ0) is 14.7. The van der Waals surface area contributed by atoms with Crippen LogP contribution in [-0.2, 0) is 0 Å². The minimum absolute atomic E-state index is 0.525. The normalized spacial score (nSPS) is 15.2. The molecule has 0 radical (unpaired) electrons. The van der Waals surface area contributed by atoms with Crippen LogP contribution in [-0.4, -0.2) is 48.3 Å². The fourth-order valence-electron chi connectivity index (χ4n) is 2.84. The summed E-state index contributed by atoms with van der Waals surface area (Å²) < 4.78 is 0. The van der Waals surface area contributed by atoms with Gasteiger partial charge in [-0.05, 0) is 39.0 Å². The molecule has 0 saturated carbocycles. The van der Waals surface area contributed by atoms with Crippen molar-refractivity contribution >= 4 is 0 Å². The molecule has 3 heteroatoms. The molecule has 19 heavy (non-hydrogen) atoms. The van der Waals surface area contributed by atoms with Crippen LogP contribution in [0.2, 0.25) is 0 Å². The standard InChI is InChI=1S/C16H37N3/c1-7-13-15(18(9-3)10-4)17-16(14-8-2)19(11-5)12-6/h15-17H,7-14H2,1-6H3. The first-order valence-electron chi connectivity index (χ1n) is 8.42. The molecule has 0 saturated heterocycles. The van der Waals surface area contributed by atoms with Gasteiger partial charge >= 0.3 is 0 Å². The summed E-state index contributed by atoms with van der Waals surface area (Å²) in [4.78, 5) is 5.10. The first-order valence-corrected chi connectivity index (χ1v) is 8.42. The molecule has 0 rings (SSSR count). The van der Waals surface area contributed by atoms with Crippen LogP contribution in [0.5, 0.6) is 0 Å². The van der Waals surface area contributed by atoms with Crippen LogP contribution in [0.4, 0.5) is 0 Å². The summed E-state index contributed by atoms with van der Waals surface area (Å²) in [6.45, 7) is 18.1. The maximum absolute atomic E-state index is 3.91. The van der Waals surface area contributed by atoms with E-state index in [9.17, 15) is 0 Å². The van der Waals surface area contributed by atoms with Crippen LogP contribution in [0.1, 0.15) is 67.2 Å². The van der Waals surface area contributed by atoms with Crippen molar-refractivity contribution in [1.29, 1.82) is 0 Å². The molecule has 0 aliphatic carbocycles. The second-order valence-corrected chi connectivity index (χ2v) is 5.22. The quantitative estimate of drug-likeness (QED) is 0.548. The number of nitrogens with zero attached hydrogens (tertiary/aromatic N) is 2. The van der Waals surface area contributed by atoms with E-state index >= 15 is 0 Å². The molecule has 1 N–H and O–H groups in total. The highest BCUT2D eigenvalue weighted by molar-refractivity contribution is 4.75. The fourth-order valence-corrected chi connectivity index (χ4v) is 2.84. The van der Waals surface area contributed by atoms with Crippen LogP contribution >= 0.6 is 0 Å². The minimum Gasteiger partial charge on any atom is -0.289 e. The molecule has 0 heterocycles. The van der Waals surface area contributed by atoms with Crippen molar-refractivity contribution in [2.75, 3.05) is 26.2 Å². The summed E-state index contributed by atoms with van der Waals surface area (Å²) >= 11 is 0. The number of hydrogen-bond donors (Lipinski definition) is 1. The van der Waals surface area contributed by atoms with Gasteiger partial charge in [0.25, 0.3) is 0 Å². The highest BCUT2D eigenvalue weighted by Crippen LogP contribution is 2.10. The Bertz CT molecular complexity index is 168. The van der Waals surface area contributed by atoms with E-state index < -0.39 is 0 Å². The molecule has 0 spiro atoms. The summed E-state index contributed by atoms with van der Waals surface area (Å²) in [7, 11) is 0. The summed E-state index contributed by atoms with van der Waals surface area (Å²) in [5, 5.41) is 3.91. The average molecular weight is 271 g/mol. The number of rotatable bonds is 12. The van der Waals surface area contributed by atoms with Crippen LogP contribution in [0.15, 0.2) is 0 Å². The van der Waals surface area contributed by atoms with E-state index in [4.69, 9.17) is 0 Å². The molecule has 0 aromatic heterocycles. The third-order valence-corrected chi connectivity index (χ3v) is 4.02. The topological polar surface area (TPSA) is 18.5 Å². The van der Waals surface area contributed by atoms with Crippen LogP contribution in [0, 0.1) is 0 Å². The lowest BCUT2D eigenvalue weighted by Gasteiger charge is -2.38. The highest BCUT2D eigenvalue weighted by Gasteiger charge is 2.21. The summed E-state index contributed by atoms with van der Waals surface area (Å²) in [6, 6.07) is 0. The molecule has 0 bridgehead atoms. The van der Waals surface area contributed by atoms with Gasteiger partial charge in [-0.25, -0.2) is 0 Å². The van der Waals surface area contributed by atoms with Crippen molar-refractivity contribution in [3.63, 3.8) is 0 Å². The molecule has 0 aliphatic heterocycles. The summed E-state index contributed by atoms with van der Waals surface area (Å²) in [5.74, 6) is 0. The van der Waals surface area contributed by atoms with E-state index in [1.165, 1.54) is 25.7 Å². The monoisotopic (exact) mass is 271 g/mol. The largest absolute Gasteiger partial charge is 0.289 e. The Balaban J connectivity index is 4.71. The van der Waals surface area contributed by atoms with Gasteiger partial charge in [0.05, 0.1) is 12.3 Å². The van der Waals surface area contributed by atoms with Crippen molar-refractivity contribution in [2.45, 2.75) is 79.6 Å². The summed E-state index contributed by atoms with van der Waals surface area (Å²) in [5.41, 5.74) is 0. The van der Waals surface area contributed by atoms with E-state index in [0.717, 1.165) is 26.2 Å². The molecule has 2 unspecified atom stereocenters. The Labute approximate surface area is 121 Å². The van der Waals surface area contributed by atoms with Crippen LogP contribution < -0.4 is 5.32 Å². The Hall–Kier alpha value is -0.120. The van der Waals surface area contributed by atoms with E-state index in [0.29, 0.717) is 12.3 Å². The second-order valence-electron chi connectivity index (χ2n) is 5.22. The SMILES string of the molecule is CCCC(NC(CCC)N(CC)CC)N(CC)CC. The van der Waals surface area contributed by atoms with E-state index in [-0.39, 0.29) is 0 Å². The van der Waals surface area contributed by atoms with Gasteiger partial charge in [-0.15, -0.1) is 0 Å². The van der Waals surface area contributed by atoms with E-state index in [2.05, 4.69) is 56.7 Å². The molecule has 3 nitrogen and oxygen atoms in total. The maximum atomic E-state index is 3.91. The number of hydrogen-bond acceptors (Lipinski definition) is 3. The lowest BCUT2D eigenvalue weighted by Crippen LogP contribution is -2.55. The van der Waals surface area contributed by atoms with Gasteiger partial charge in [-0.2, -0.15) is 0 Å². The molecule has 0 aliphatic rings. The van der Waals surface area contributed by atoms with Gasteiger partial charge in [0.2, 0.25) is 0 Å². The highest BCUT2D eigenvalue weighted by atomic mass is 15.3. The maximum Gasteiger partial charge on any atom is 0.0608 e. The molecule has 0 aromatic carbocycles. The van der Waals surface area contributed by atoms with Crippen molar-refractivity contribution in [2.24, 2.45) is 0 Å². The van der Waals surface area contributed by atoms with Crippen molar-refractivity contribution in [1.82, 2.24) is 15.1 Å². The van der Waals surface area contributed by atoms with Crippen LogP contribution in [0.25, 0.3) is 0 Å². The van der Waals surface area contributed by atoms with Gasteiger partial charge < -0.3 is 0 Å². The zero-order valence-electron chi connectivity index (χ0n) is 14.2. The van der Waals surface area contributed by atoms with Crippen LogP contribution in [0.3, 0.4) is 0 Å². The molecule has 0 fully saturated rings. The zero-order valence-corrected chi connectivity index (χ0v) is 14.2. The Morgan fingerprint density at radius 3 is 1.16 bits per heavy atom. The molecule has 0 aromatic rings. The second kappa shape index (κ2) is 11.7. The molecule has 2 atom stereocenters. The lowest BCUT2D eigenvalue weighted by molar-refractivity contribution is 0.0899. The third-order valence-electron chi connectivity index (χ3n) is 4.02. The van der Waals surface area contributed by atoms with Crippen molar-refractivity contribution < 1.29 is 0 Å². The Morgan fingerprint density at radius 1 is 0.632 bits per heavy atom. The molecule has 116 valence electrons. The van der Waals surface area contributed by atoms with Crippen molar-refractivity contribution in [3.05, 3.63) is 0 Å². The minimum atomic E-state index is 0.525. The fraction of sp³-hybridized carbons (Fsp3) is 1.00. The molecular weight excluding hydrogens is 234 g/mol. The van der Waals surface area contributed by atoms with E-state index in [1.807, 2.05) is 0 Å².